The fourth-order valence-electron chi connectivity index (χ4n) is 1.70. The smallest absolute Gasteiger partial charge is 0.247 e. The number of hydrogen-bond donors (Lipinski definition) is 1. The van der Waals surface area contributed by atoms with Gasteiger partial charge in [0.15, 0.2) is 0 Å². The minimum atomic E-state index is 0.0390. The molecule has 0 atom stereocenters. The number of nitrogens with one attached hydrogen (secondary N) is 1. The number of carbonyl (C=O) groups excluding carboxylic acids is 1. The zero-order valence-corrected chi connectivity index (χ0v) is 12.3. The van der Waals surface area contributed by atoms with Gasteiger partial charge in [-0.25, -0.2) is 0 Å². The molecule has 1 amide bonds. The van der Waals surface area contributed by atoms with Crippen LogP contribution in [0.5, 0.6) is 0 Å². The van der Waals surface area contributed by atoms with Gasteiger partial charge in [-0.15, -0.1) is 35.3 Å². The van der Waals surface area contributed by atoms with E-state index >= 15 is 0 Å². The van der Waals surface area contributed by atoms with Gasteiger partial charge in [0, 0.05) is 15.9 Å². The Hall–Kier alpha value is -0.260. The zero-order valence-electron chi connectivity index (χ0n) is 9.86. The molecule has 0 bridgehead atoms. The second-order valence-electron chi connectivity index (χ2n) is 3.97. The van der Waals surface area contributed by atoms with E-state index in [1.165, 1.54) is 11.1 Å². The van der Waals surface area contributed by atoms with Crippen LogP contribution in [0.4, 0.5) is 5.69 Å². The molecule has 1 heterocycles. The van der Waals surface area contributed by atoms with Gasteiger partial charge in [-0.1, -0.05) is 6.07 Å². The third-order valence-electron chi connectivity index (χ3n) is 2.31. The summed E-state index contributed by atoms with van der Waals surface area (Å²) >= 11 is 5.30. The highest BCUT2D eigenvalue weighted by molar-refractivity contribution is 8.33. The average Bonchev–Trinajstić information content (AvgIpc) is 2.28. The summed E-state index contributed by atoms with van der Waals surface area (Å²) in [5, 5.41) is 5.03. The van der Waals surface area contributed by atoms with Gasteiger partial charge >= 0.3 is 0 Å². The number of hydrogen-bond acceptors (Lipinski definition) is 4. The van der Waals surface area contributed by atoms with E-state index in [4.69, 9.17) is 0 Å². The molecule has 1 N–H and O–H groups in total. The molecular weight excluding hydrogens is 270 g/mol. The zero-order chi connectivity index (χ0) is 12.3. The van der Waals surface area contributed by atoms with Crippen LogP contribution < -0.4 is 5.32 Å². The molecule has 1 aliphatic heterocycles. The van der Waals surface area contributed by atoms with Crippen molar-refractivity contribution in [2.24, 2.45) is 0 Å². The lowest BCUT2D eigenvalue weighted by atomic mass is 10.1. The normalized spacial score (nSPS) is 16.8. The summed E-state index contributed by atoms with van der Waals surface area (Å²) in [4.78, 5) is 12.0. The van der Waals surface area contributed by atoms with Gasteiger partial charge in [-0.05, 0) is 37.1 Å². The average molecular weight is 285 g/mol. The van der Waals surface area contributed by atoms with Crippen LogP contribution in [0.25, 0.3) is 0 Å². The summed E-state index contributed by atoms with van der Waals surface area (Å²) in [7, 11) is 0. The number of benzene rings is 1. The van der Waals surface area contributed by atoms with Crippen LogP contribution in [0, 0.1) is 13.8 Å². The Morgan fingerprint density at radius 3 is 2.35 bits per heavy atom. The van der Waals surface area contributed by atoms with Crippen LogP contribution in [0.1, 0.15) is 11.1 Å². The molecule has 0 saturated carbocycles. The predicted octanol–water partition coefficient (Wildman–Crippen LogP) is 3.70. The molecule has 0 unspecified atom stereocenters. The largest absolute Gasteiger partial charge is 0.324 e. The van der Waals surface area contributed by atoms with Crippen LogP contribution in [-0.4, -0.2) is 20.7 Å². The van der Waals surface area contributed by atoms with Crippen LogP contribution >= 0.6 is 35.3 Å². The van der Waals surface area contributed by atoms with Gasteiger partial charge in [0.25, 0.3) is 0 Å². The Morgan fingerprint density at radius 2 is 1.76 bits per heavy atom. The van der Waals surface area contributed by atoms with Gasteiger partial charge in [0.05, 0.1) is 0 Å². The molecule has 2 rings (SSSR count). The molecule has 2 nitrogen and oxygen atoms in total. The molecule has 1 aromatic rings. The second kappa shape index (κ2) is 6.07. The van der Waals surface area contributed by atoms with Gasteiger partial charge in [0.2, 0.25) is 5.91 Å². The van der Waals surface area contributed by atoms with Gasteiger partial charge < -0.3 is 5.32 Å². The van der Waals surface area contributed by atoms with E-state index in [9.17, 15) is 4.79 Å². The molecule has 0 aromatic heterocycles. The maximum Gasteiger partial charge on any atom is 0.247 e. The van der Waals surface area contributed by atoms with Crippen molar-refractivity contribution in [3.63, 3.8) is 0 Å². The highest BCUT2D eigenvalue weighted by atomic mass is 32.3. The molecule has 5 heteroatoms. The quantitative estimate of drug-likeness (QED) is 0.897. The standard InChI is InChI=1S/C12H15NOS3/c1-8-3-9(2)5-10(4-8)13-11(14)12-16-6-15-7-17-12/h3-5,12H,6-7H2,1-2H3,(H,13,14). The third-order valence-corrected chi connectivity index (χ3v) is 6.58. The lowest BCUT2D eigenvalue weighted by Crippen LogP contribution is -2.24. The second-order valence-corrected chi connectivity index (χ2v) is 8.17. The Kier molecular flexibility index (Phi) is 4.70. The lowest BCUT2D eigenvalue weighted by molar-refractivity contribution is -0.114. The van der Waals surface area contributed by atoms with E-state index in [1.54, 1.807) is 23.5 Å². The Balaban J connectivity index is 2.01. The minimum absolute atomic E-state index is 0.0390. The van der Waals surface area contributed by atoms with E-state index in [-0.39, 0.29) is 10.5 Å². The maximum atomic E-state index is 12.0. The van der Waals surface area contributed by atoms with E-state index in [0.29, 0.717) is 0 Å². The van der Waals surface area contributed by atoms with Crippen LogP contribution in [0.3, 0.4) is 0 Å². The summed E-state index contributed by atoms with van der Waals surface area (Å²) in [6.07, 6.45) is 0. The van der Waals surface area contributed by atoms with Crippen molar-refractivity contribution in [1.82, 2.24) is 0 Å². The highest BCUT2D eigenvalue weighted by Gasteiger charge is 2.22. The van der Waals surface area contributed by atoms with Gasteiger partial charge in [-0.2, -0.15) is 0 Å². The monoisotopic (exact) mass is 285 g/mol. The molecule has 1 aliphatic rings. The molecule has 92 valence electrons. The lowest BCUT2D eigenvalue weighted by Gasteiger charge is -2.20. The molecule has 0 spiro atoms. The van der Waals surface area contributed by atoms with E-state index in [2.05, 4.69) is 11.4 Å². The number of carbonyl (C=O) groups is 1. The molecule has 0 aliphatic carbocycles. The van der Waals surface area contributed by atoms with Gasteiger partial charge in [-0.3, -0.25) is 4.79 Å². The summed E-state index contributed by atoms with van der Waals surface area (Å²) in [5.74, 6) is 0.116. The fraction of sp³-hybridized carbons (Fsp3) is 0.417. The number of amides is 1. The first-order valence-corrected chi connectivity index (χ1v) is 8.60. The SMILES string of the molecule is Cc1cc(C)cc(NC(=O)C2SCSCS2)c1. The third kappa shape index (κ3) is 3.86. The van der Waals surface area contributed by atoms with Crippen molar-refractivity contribution < 1.29 is 4.79 Å². The summed E-state index contributed by atoms with van der Waals surface area (Å²) < 4.78 is 0.0390. The molecule has 1 saturated heterocycles. The predicted molar refractivity (Wildman–Crippen MR) is 80.8 cm³/mol. The van der Waals surface area contributed by atoms with Crippen LogP contribution in [0.15, 0.2) is 18.2 Å². The van der Waals surface area contributed by atoms with Crippen molar-refractivity contribution in [3.05, 3.63) is 29.3 Å². The fourth-order valence-corrected chi connectivity index (χ4v) is 6.15. The molecular formula is C12H15NOS3. The molecule has 1 aromatic carbocycles. The van der Waals surface area contributed by atoms with Crippen molar-refractivity contribution in [2.75, 3.05) is 15.5 Å². The molecule has 1 fully saturated rings. The topological polar surface area (TPSA) is 29.1 Å². The summed E-state index contributed by atoms with van der Waals surface area (Å²) in [6.45, 7) is 4.09. The van der Waals surface area contributed by atoms with E-state index in [0.717, 1.165) is 15.9 Å². The minimum Gasteiger partial charge on any atom is -0.324 e. The first-order valence-electron chi connectivity index (χ1n) is 5.35. The first kappa shape index (κ1) is 13.2. The van der Waals surface area contributed by atoms with Gasteiger partial charge in [0.1, 0.15) is 4.58 Å². The first-order chi connectivity index (χ1) is 8.15. The van der Waals surface area contributed by atoms with Crippen molar-refractivity contribution in [3.8, 4) is 0 Å². The molecule has 0 radical (unpaired) electrons. The summed E-state index contributed by atoms with van der Waals surface area (Å²) in [5.41, 5.74) is 3.27. The maximum absolute atomic E-state index is 12.0. The van der Waals surface area contributed by atoms with Crippen molar-refractivity contribution >= 4 is 46.9 Å². The number of rotatable bonds is 2. The molecule has 17 heavy (non-hydrogen) atoms. The highest BCUT2D eigenvalue weighted by Crippen LogP contribution is 2.36. The van der Waals surface area contributed by atoms with Crippen molar-refractivity contribution in [1.29, 1.82) is 0 Å². The Morgan fingerprint density at radius 1 is 1.18 bits per heavy atom. The van der Waals surface area contributed by atoms with Crippen LogP contribution in [0.2, 0.25) is 0 Å². The van der Waals surface area contributed by atoms with Crippen LogP contribution in [-0.2, 0) is 4.79 Å². The summed E-state index contributed by atoms with van der Waals surface area (Å²) in [6, 6.07) is 6.13. The Labute approximate surface area is 115 Å². The number of anilines is 1. The number of aryl methyl sites for hydroxylation is 2. The van der Waals surface area contributed by atoms with E-state index < -0.39 is 0 Å². The van der Waals surface area contributed by atoms with E-state index in [1.807, 2.05) is 37.7 Å². The Bertz CT molecular complexity index is 396. The van der Waals surface area contributed by atoms with Crippen molar-refractivity contribution in [2.45, 2.75) is 18.4 Å². The number of thioether (sulfide) groups is 3.